The summed E-state index contributed by atoms with van der Waals surface area (Å²) in [5.74, 6) is 1.67. The van der Waals surface area contributed by atoms with Crippen LogP contribution in [0.5, 0.6) is 0 Å². The minimum Gasteiger partial charge on any atom is -0.383 e. The van der Waals surface area contributed by atoms with E-state index in [0.717, 1.165) is 17.9 Å². The first-order chi connectivity index (χ1) is 7.65. The minimum atomic E-state index is 0.297. The van der Waals surface area contributed by atoms with Crippen LogP contribution in [0.1, 0.15) is 32.4 Å². The van der Waals surface area contributed by atoms with Gasteiger partial charge in [-0.2, -0.15) is 11.8 Å². The van der Waals surface area contributed by atoms with Gasteiger partial charge in [0.25, 0.3) is 0 Å². The van der Waals surface area contributed by atoms with E-state index >= 15 is 0 Å². The number of nitrogens with zero attached hydrogens (tertiary/aromatic N) is 1. The van der Waals surface area contributed by atoms with E-state index in [1.54, 1.807) is 6.20 Å². The van der Waals surface area contributed by atoms with Crippen LogP contribution in [0.2, 0.25) is 0 Å². The van der Waals surface area contributed by atoms with Crippen molar-refractivity contribution in [3.8, 4) is 0 Å². The zero-order valence-corrected chi connectivity index (χ0v) is 11.1. The highest BCUT2D eigenvalue weighted by Gasteiger charge is 2.14. The van der Waals surface area contributed by atoms with Crippen molar-refractivity contribution in [2.24, 2.45) is 0 Å². The summed E-state index contributed by atoms with van der Waals surface area (Å²) in [6.07, 6.45) is 1.73. The molecule has 16 heavy (non-hydrogen) atoms. The zero-order valence-electron chi connectivity index (χ0n) is 10.2. The molecular formula is C12H21N3S. The van der Waals surface area contributed by atoms with Gasteiger partial charge in [-0.15, -0.1) is 0 Å². The van der Waals surface area contributed by atoms with Gasteiger partial charge in [-0.05, 0) is 17.9 Å². The summed E-state index contributed by atoms with van der Waals surface area (Å²) >= 11 is 1.94. The van der Waals surface area contributed by atoms with Crippen molar-refractivity contribution in [1.82, 2.24) is 10.3 Å². The van der Waals surface area contributed by atoms with E-state index in [9.17, 15) is 0 Å². The van der Waals surface area contributed by atoms with Crippen molar-refractivity contribution < 1.29 is 0 Å². The maximum Gasteiger partial charge on any atom is 0.128 e. The summed E-state index contributed by atoms with van der Waals surface area (Å²) in [6, 6.07) is 4.29. The number of rotatable bonds is 6. The molecule has 0 saturated heterocycles. The van der Waals surface area contributed by atoms with Gasteiger partial charge >= 0.3 is 0 Å². The summed E-state index contributed by atoms with van der Waals surface area (Å²) < 4.78 is 0. The molecule has 0 amide bonds. The minimum absolute atomic E-state index is 0.297. The highest BCUT2D eigenvalue weighted by molar-refractivity contribution is 7.99. The van der Waals surface area contributed by atoms with E-state index < -0.39 is 0 Å². The van der Waals surface area contributed by atoms with Gasteiger partial charge in [0.1, 0.15) is 5.82 Å². The Morgan fingerprint density at radius 2 is 2.25 bits per heavy atom. The number of nitrogens with one attached hydrogen (secondary N) is 1. The monoisotopic (exact) mass is 239 g/mol. The van der Waals surface area contributed by atoms with E-state index in [1.165, 1.54) is 0 Å². The molecule has 0 fully saturated rings. The van der Waals surface area contributed by atoms with Crippen molar-refractivity contribution in [2.45, 2.75) is 32.1 Å². The predicted octanol–water partition coefficient (Wildman–Crippen LogP) is 2.46. The van der Waals surface area contributed by atoms with Gasteiger partial charge in [-0.25, -0.2) is 4.98 Å². The van der Waals surface area contributed by atoms with Gasteiger partial charge < -0.3 is 11.1 Å². The molecule has 1 aromatic rings. The molecular weight excluding hydrogens is 218 g/mol. The Kier molecular flexibility index (Phi) is 5.63. The average Bonchev–Trinajstić information content (AvgIpc) is 2.25. The molecule has 0 aliphatic carbocycles. The van der Waals surface area contributed by atoms with Crippen molar-refractivity contribution in [3.05, 3.63) is 23.9 Å². The molecule has 0 radical (unpaired) electrons. The number of hydrogen-bond donors (Lipinski definition) is 2. The molecule has 0 saturated carbocycles. The van der Waals surface area contributed by atoms with Gasteiger partial charge in [0.2, 0.25) is 0 Å². The van der Waals surface area contributed by atoms with Gasteiger partial charge in [0, 0.05) is 23.6 Å². The van der Waals surface area contributed by atoms with Crippen LogP contribution in [0.25, 0.3) is 0 Å². The van der Waals surface area contributed by atoms with E-state index in [0.29, 0.717) is 17.1 Å². The molecule has 1 rings (SSSR count). The highest BCUT2D eigenvalue weighted by Crippen LogP contribution is 2.23. The van der Waals surface area contributed by atoms with Crippen LogP contribution >= 0.6 is 11.8 Å². The molecule has 0 aromatic carbocycles. The predicted molar refractivity (Wildman–Crippen MR) is 72.7 cm³/mol. The third-order valence-corrected chi connectivity index (χ3v) is 3.49. The van der Waals surface area contributed by atoms with Crippen LogP contribution < -0.4 is 11.1 Å². The second-order valence-corrected chi connectivity index (χ2v) is 5.58. The quantitative estimate of drug-likeness (QED) is 0.800. The summed E-state index contributed by atoms with van der Waals surface area (Å²) in [7, 11) is 0. The Labute approximate surface area is 102 Å². The van der Waals surface area contributed by atoms with E-state index in [-0.39, 0.29) is 0 Å². The van der Waals surface area contributed by atoms with Crippen molar-refractivity contribution in [1.29, 1.82) is 0 Å². The third-order valence-electron chi connectivity index (χ3n) is 2.29. The van der Waals surface area contributed by atoms with E-state index in [4.69, 9.17) is 5.73 Å². The van der Waals surface area contributed by atoms with Crippen LogP contribution in [0.3, 0.4) is 0 Å². The lowest BCUT2D eigenvalue weighted by molar-refractivity contribution is 0.605. The van der Waals surface area contributed by atoms with Gasteiger partial charge in [0.15, 0.2) is 0 Å². The molecule has 1 unspecified atom stereocenters. The molecule has 1 aromatic heterocycles. The maximum atomic E-state index is 5.90. The lowest BCUT2D eigenvalue weighted by Crippen LogP contribution is -2.24. The summed E-state index contributed by atoms with van der Waals surface area (Å²) in [6.45, 7) is 7.47. The average molecular weight is 239 g/mol. The number of nitrogens with two attached hydrogens (primary N) is 1. The molecule has 90 valence electrons. The molecule has 0 aliphatic rings. The number of nitrogen functional groups attached to an aromatic ring is 1. The largest absolute Gasteiger partial charge is 0.383 e. The van der Waals surface area contributed by atoms with Gasteiger partial charge in [-0.1, -0.05) is 26.8 Å². The first-order valence-corrected chi connectivity index (χ1v) is 6.75. The molecule has 0 aliphatic heterocycles. The third kappa shape index (κ3) is 4.02. The van der Waals surface area contributed by atoms with Crippen LogP contribution in [0, 0.1) is 0 Å². The second kappa shape index (κ2) is 6.76. The SMILES string of the molecule is CCNC(CSC(C)C)c1cccnc1N. The fourth-order valence-corrected chi connectivity index (χ4v) is 2.39. The first-order valence-electron chi connectivity index (χ1n) is 5.70. The number of pyridine rings is 1. The molecule has 1 atom stereocenters. The topological polar surface area (TPSA) is 50.9 Å². The Hall–Kier alpha value is -0.740. The van der Waals surface area contributed by atoms with Gasteiger partial charge in [-0.3, -0.25) is 0 Å². The van der Waals surface area contributed by atoms with Crippen LogP contribution in [-0.2, 0) is 0 Å². The molecule has 0 spiro atoms. The molecule has 0 bridgehead atoms. The Bertz CT molecular complexity index is 315. The molecule has 3 N–H and O–H groups in total. The van der Waals surface area contributed by atoms with Crippen molar-refractivity contribution in [2.75, 3.05) is 18.0 Å². The standard InChI is InChI=1S/C12H21N3S/c1-4-14-11(8-16-9(2)3)10-6-5-7-15-12(10)13/h5-7,9,11,14H,4,8H2,1-3H3,(H2,13,15). The normalized spacial score (nSPS) is 13.0. The summed E-state index contributed by atoms with van der Waals surface area (Å²) in [5, 5.41) is 4.09. The Morgan fingerprint density at radius 3 is 2.81 bits per heavy atom. The van der Waals surface area contributed by atoms with Crippen LogP contribution in [0.4, 0.5) is 5.82 Å². The van der Waals surface area contributed by atoms with Crippen molar-refractivity contribution in [3.63, 3.8) is 0 Å². The number of aromatic nitrogens is 1. The lowest BCUT2D eigenvalue weighted by atomic mass is 10.1. The smallest absolute Gasteiger partial charge is 0.128 e. The fraction of sp³-hybridized carbons (Fsp3) is 0.583. The van der Waals surface area contributed by atoms with Crippen LogP contribution in [-0.4, -0.2) is 22.5 Å². The Balaban J connectivity index is 2.73. The zero-order chi connectivity index (χ0) is 12.0. The van der Waals surface area contributed by atoms with Crippen molar-refractivity contribution >= 4 is 17.6 Å². The first kappa shape index (κ1) is 13.3. The van der Waals surface area contributed by atoms with Crippen LogP contribution in [0.15, 0.2) is 18.3 Å². The van der Waals surface area contributed by atoms with E-state index in [1.807, 2.05) is 17.8 Å². The Morgan fingerprint density at radius 1 is 1.50 bits per heavy atom. The molecule has 3 nitrogen and oxygen atoms in total. The number of hydrogen-bond acceptors (Lipinski definition) is 4. The lowest BCUT2D eigenvalue weighted by Gasteiger charge is -2.20. The molecule has 1 heterocycles. The van der Waals surface area contributed by atoms with E-state index in [2.05, 4.69) is 37.1 Å². The molecule has 4 heteroatoms. The van der Waals surface area contributed by atoms with Gasteiger partial charge in [0.05, 0.1) is 0 Å². The summed E-state index contributed by atoms with van der Waals surface area (Å²) in [5.41, 5.74) is 7.01. The summed E-state index contributed by atoms with van der Waals surface area (Å²) in [4.78, 5) is 4.14. The number of anilines is 1. The fourth-order valence-electron chi connectivity index (χ4n) is 1.52. The highest BCUT2D eigenvalue weighted by atomic mass is 32.2. The number of thioether (sulfide) groups is 1. The maximum absolute atomic E-state index is 5.90. The second-order valence-electron chi connectivity index (χ2n) is 3.97.